The van der Waals surface area contributed by atoms with Gasteiger partial charge in [0, 0.05) is 16.5 Å². The highest BCUT2D eigenvalue weighted by atomic mass is 35.5. The molecule has 138 valence electrons. The Morgan fingerprint density at radius 2 is 1.85 bits per heavy atom. The molecule has 2 aromatic rings. The van der Waals surface area contributed by atoms with Crippen LogP contribution in [-0.4, -0.2) is 24.2 Å². The van der Waals surface area contributed by atoms with Gasteiger partial charge in [-0.15, -0.1) is 11.8 Å². The molecule has 0 aliphatic rings. The number of hydrogen-bond donors (Lipinski definition) is 1. The molecular weight excluding hydrogens is 370 g/mol. The van der Waals surface area contributed by atoms with Crippen molar-refractivity contribution < 1.29 is 14.3 Å². The number of benzene rings is 2. The van der Waals surface area contributed by atoms with Gasteiger partial charge in [0.05, 0.1) is 17.9 Å². The van der Waals surface area contributed by atoms with Gasteiger partial charge in [-0.3, -0.25) is 4.79 Å². The maximum atomic E-state index is 12.0. The molecule has 0 saturated heterocycles. The van der Waals surface area contributed by atoms with Gasteiger partial charge >= 0.3 is 5.97 Å². The van der Waals surface area contributed by atoms with Gasteiger partial charge < -0.3 is 10.1 Å². The van der Waals surface area contributed by atoms with Crippen molar-refractivity contribution in [2.24, 2.45) is 0 Å². The van der Waals surface area contributed by atoms with E-state index in [1.165, 1.54) is 11.8 Å². The maximum absolute atomic E-state index is 12.0. The highest BCUT2D eigenvalue weighted by Crippen LogP contribution is 2.21. The minimum atomic E-state index is -0.341. The second kappa shape index (κ2) is 10.9. The summed E-state index contributed by atoms with van der Waals surface area (Å²) in [5, 5.41) is 3.53. The SMILES string of the molecule is CCCCOC(=O)c1ccc(NC(=O)CSCc2ccccc2Cl)cc1. The number of anilines is 1. The monoisotopic (exact) mass is 391 g/mol. The first-order chi connectivity index (χ1) is 12.6. The van der Waals surface area contributed by atoms with E-state index in [4.69, 9.17) is 16.3 Å². The number of ether oxygens (including phenoxy) is 1. The Morgan fingerprint density at radius 3 is 2.54 bits per heavy atom. The van der Waals surface area contributed by atoms with E-state index in [9.17, 15) is 9.59 Å². The average Bonchev–Trinajstić information content (AvgIpc) is 2.64. The fourth-order valence-corrected chi connectivity index (χ4v) is 3.26. The molecule has 2 rings (SSSR count). The Kier molecular flexibility index (Phi) is 8.51. The number of carbonyl (C=O) groups is 2. The number of carbonyl (C=O) groups excluding carboxylic acids is 2. The van der Waals surface area contributed by atoms with E-state index in [2.05, 4.69) is 5.32 Å². The number of hydrogen-bond acceptors (Lipinski definition) is 4. The molecule has 0 unspecified atom stereocenters. The van der Waals surface area contributed by atoms with Crippen LogP contribution in [0.2, 0.25) is 5.02 Å². The molecule has 0 atom stereocenters. The van der Waals surface area contributed by atoms with Crippen molar-refractivity contribution in [1.82, 2.24) is 0 Å². The van der Waals surface area contributed by atoms with Crippen molar-refractivity contribution in [2.45, 2.75) is 25.5 Å². The van der Waals surface area contributed by atoms with E-state index in [1.54, 1.807) is 24.3 Å². The molecule has 0 fully saturated rings. The van der Waals surface area contributed by atoms with Crippen molar-refractivity contribution >= 4 is 40.9 Å². The highest BCUT2D eigenvalue weighted by molar-refractivity contribution is 7.99. The molecule has 0 bridgehead atoms. The van der Waals surface area contributed by atoms with Gasteiger partial charge in [-0.1, -0.05) is 43.1 Å². The first-order valence-electron chi connectivity index (χ1n) is 8.48. The van der Waals surface area contributed by atoms with Gasteiger partial charge in [-0.25, -0.2) is 4.79 Å². The fourth-order valence-electron chi connectivity index (χ4n) is 2.15. The van der Waals surface area contributed by atoms with E-state index in [1.807, 2.05) is 31.2 Å². The summed E-state index contributed by atoms with van der Waals surface area (Å²) in [5.41, 5.74) is 2.14. The van der Waals surface area contributed by atoms with E-state index in [0.29, 0.717) is 34.4 Å². The van der Waals surface area contributed by atoms with Crippen molar-refractivity contribution in [3.8, 4) is 0 Å². The lowest BCUT2D eigenvalue weighted by molar-refractivity contribution is -0.113. The zero-order valence-corrected chi connectivity index (χ0v) is 16.2. The molecule has 1 amide bonds. The number of halogens is 1. The molecule has 0 saturated carbocycles. The molecule has 0 aliphatic carbocycles. The summed E-state index contributed by atoms with van der Waals surface area (Å²) < 4.78 is 5.15. The molecule has 0 radical (unpaired) electrons. The quantitative estimate of drug-likeness (QED) is 0.473. The Hall–Kier alpha value is -1.98. The van der Waals surface area contributed by atoms with Gasteiger partial charge in [0.15, 0.2) is 0 Å². The van der Waals surface area contributed by atoms with Gasteiger partial charge in [-0.2, -0.15) is 0 Å². The van der Waals surface area contributed by atoms with Crippen LogP contribution in [0, 0.1) is 0 Å². The Bertz CT molecular complexity index is 734. The third-order valence-corrected chi connectivity index (χ3v) is 4.93. The van der Waals surface area contributed by atoms with E-state index < -0.39 is 0 Å². The normalized spacial score (nSPS) is 10.4. The smallest absolute Gasteiger partial charge is 0.338 e. The van der Waals surface area contributed by atoms with Crippen LogP contribution in [0.25, 0.3) is 0 Å². The second-order valence-corrected chi connectivity index (χ2v) is 7.09. The van der Waals surface area contributed by atoms with Crippen molar-refractivity contribution in [2.75, 3.05) is 17.7 Å². The molecule has 0 spiro atoms. The van der Waals surface area contributed by atoms with Crippen LogP contribution in [0.5, 0.6) is 0 Å². The van der Waals surface area contributed by atoms with Crippen LogP contribution >= 0.6 is 23.4 Å². The first kappa shape index (κ1) is 20.3. The van der Waals surface area contributed by atoms with Crippen LogP contribution in [0.3, 0.4) is 0 Å². The molecule has 0 aromatic heterocycles. The third-order valence-electron chi connectivity index (χ3n) is 3.58. The lowest BCUT2D eigenvalue weighted by Crippen LogP contribution is -2.14. The molecule has 26 heavy (non-hydrogen) atoms. The summed E-state index contributed by atoms with van der Waals surface area (Å²) in [6, 6.07) is 14.3. The zero-order valence-electron chi connectivity index (χ0n) is 14.7. The zero-order chi connectivity index (χ0) is 18.8. The summed E-state index contributed by atoms with van der Waals surface area (Å²) in [7, 11) is 0. The Morgan fingerprint density at radius 1 is 1.12 bits per heavy atom. The lowest BCUT2D eigenvalue weighted by atomic mass is 10.2. The van der Waals surface area contributed by atoms with Gasteiger partial charge in [0.25, 0.3) is 0 Å². The fraction of sp³-hybridized carbons (Fsp3) is 0.300. The van der Waals surface area contributed by atoms with Crippen LogP contribution in [-0.2, 0) is 15.3 Å². The van der Waals surface area contributed by atoms with Crippen molar-refractivity contribution in [3.05, 3.63) is 64.7 Å². The summed E-state index contributed by atoms with van der Waals surface area (Å²) in [5.74, 6) is 0.564. The predicted octanol–water partition coefficient (Wildman–Crippen LogP) is 5.17. The predicted molar refractivity (Wildman–Crippen MR) is 108 cm³/mol. The first-order valence-corrected chi connectivity index (χ1v) is 10.0. The Labute approximate surface area is 163 Å². The summed E-state index contributed by atoms with van der Waals surface area (Å²) >= 11 is 7.59. The molecule has 2 aromatic carbocycles. The molecule has 0 heterocycles. The number of esters is 1. The minimum Gasteiger partial charge on any atom is -0.462 e. The third kappa shape index (κ3) is 6.73. The lowest BCUT2D eigenvalue weighted by Gasteiger charge is -2.07. The highest BCUT2D eigenvalue weighted by Gasteiger charge is 2.08. The van der Waals surface area contributed by atoms with E-state index >= 15 is 0 Å². The summed E-state index contributed by atoms with van der Waals surface area (Å²) in [6.07, 6.45) is 1.83. The van der Waals surface area contributed by atoms with Crippen LogP contribution in [0.1, 0.15) is 35.7 Å². The molecule has 1 N–H and O–H groups in total. The number of amides is 1. The maximum Gasteiger partial charge on any atom is 0.338 e. The van der Waals surface area contributed by atoms with Gasteiger partial charge in [0.1, 0.15) is 0 Å². The molecule has 0 aliphatic heterocycles. The van der Waals surface area contributed by atoms with Gasteiger partial charge in [0.2, 0.25) is 5.91 Å². The molecular formula is C20H22ClNO3S. The largest absolute Gasteiger partial charge is 0.462 e. The summed E-state index contributed by atoms with van der Waals surface area (Å²) in [4.78, 5) is 23.9. The van der Waals surface area contributed by atoms with Crippen LogP contribution < -0.4 is 5.32 Å². The number of rotatable bonds is 9. The second-order valence-electron chi connectivity index (χ2n) is 5.70. The van der Waals surface area contributed by atoms with E-state index in [0.717, 1.165) is 18.4 Å². The topological polar surface area (TPSA) is 55.4 Å². The number of nitrogens with one attached hydrogen (secondary N) is 1. The van der Waals surface area contributed by atoms with E-state index in [-0.39, 0.29) is 11.9 Å². The molecule has 4 nitrogen and oxygen atoms in total. The van der Waals surface area contributed by atoms with Crippen molar-refractivity contribution in [3.63, 3.8) is 0 Å². The summed E-state index contributed by atoms with van der Waals surface area (Å²) in [6.45, 7) is 2.47. The van der Waals surface area contributed by atoms with Crippen LogP contribution in [0.15, 0.2) is 48.5 Å². The van der Waals surface area contributed by atoms with Gasteiger partial charge in [-0.05, 0) is 42.3 Å². The average molecular weight is 392 g/mol. The van der Waals surface area contributed by atoms with Crippen LogP contribution in [0.4, 0.5) is 5.69 Å². The Balaban J connectivity index is 1.76. The van der Waals surface area contributed by atoms with Crippen molar-refractivity contribution in [1.29, 1.82) is 0 Å². The standard InChI is InChI=1S/C20H22ClNO3S/c1-2-3-12-25-20(24)15-8-10-17(11-9-15)22-19(23)14-26-13-16-6-4-5-7-18(16)21/h4-11H,2-3,12-14H2,1H3,(H,22,23). The number of thioether (sulfide) groups is 1. The minimum absolute atomic E-state index is 0.0969. The molecule has 6 heteroatoms. The number of unbranched alkanes of at least 4 members (excludes halogenated alkanes) is 1.